The summed E-state index contributed by atoms with van der Waals surface area (Å²) in [6.45, 7) is 11.1. The number of carbonyl (C=O) groups excluding carboxylic acids is 1. The van der Waals surface area contributed by atoms with Crippen molar-refractivity contribution < 1.29 is 4.79 Å². The van der Waals surface area contributed by atoms with E-state index < -0.39 is 0 Å². The highest BCUT2D eigenvalue weighted by Gasteiger charge is 2.23. The summed E-state index contributed by atoms with van der Waals surface area (Å²) in [7, 11) is 0. The van der Waals surface area contributed by atoms with E-state index in [4.69, 9.17) is 39.9 Å². The predicted octanol–water partition coefficient (Wildman–Crippen LogP) is 10.1. The van der Waals surface area contributed by atoms with Crippen molar-refractivity contribution in [2.45, 2.75) is 72.1 Å². The van der Waals surface area contributed by atoms with Crippen molar-refractivity contribution in [3.8, 4) is 16.9 Å². The minimum atomic E-state index is -0.187. The molecule has 0 saturated heterocycles. The van der Waals surface area contributed by atoms with Crippen molar-refractivity contribution in [1.82, 2.24) is 15.1 Å². The molecule has 3 rings (SSSR count). The van der Waals surface area contributed by atoms with E-state index in [-0.39, 0.29) is 5.91 Å². The summed E-state index contributed by atoms with van der Waals surface area (Å²) in [6.07, 6.45) is 11.4. The van der Waals surface area contributed by atoms with Crippen LogP contribution in [0.25, 0.3) is 16.9 Å². The van der Waals surface area contributed by atoms with Gasteiger partial charge in [0.2, 0.25) is 0 Å². The first-order chi connectivity index (χ1) is 18.8. The van der Waals surface area contributed by atoms with Crippen LogP contribution in [0.1, 0.15) is 81.3 Å². The van der Waals surface area contributed by atoms with Crippen molar-refractivity contribution in [1.29, 1.82) is 0 Å². The first-order valence-electron chi connectivity index (χ1n) is 14.0. The quantitative estimate of drug-likeness (QED) is 0.142. The lowest BCUT2D eigenvalue weighted by Gasteiger charge is -2.21. The van der Waals surface area contributed by atoms with Gasteiger partial charge in [-0.15, -0.1) is 6.58 Å². The topological polar surface area (TPSA) is 46.9 Å². The molecule has 0 aliphatic carbocycles. The van der Waals surface area contributed by atoms with Gasteiger partial charge < -0.3 is 5.32 Å². The third-order valence-electron chi connectivity index (χ3n) is 7.51. The summed E-state index contributed by atoms with van der Waals surface area (Å²) < 4.78 is 1.71. The molecule has 0 spiro atoms. The second kappa shape index (κ2) is 15.5. The molecule has 39 heavy (non-hydrogen) atoms. The number of halogens is 3. The van der Waals surface area contributed by atoms with Crippen molar-refractivity contribution in [3.63, 3.8) is 0 Å². The van der Waals surface area contributed by atoms with E-state index >= 15 is 0 Å². The van der Waals surface area contributed by atoms with Crippen LogP contribution in [0.15, 0.2) is 55.1 Å². The first kappa shape index (κ1) is 31.3. The van der Waals surface area contributed by atoms with E-state index in [1.807, 2.05) is 31.2 Å². The van der Waals surface area contributed by atoms with E-state index in [0.29, 0.717) is 33.0 Å². The predicted molar refractivity (Wildman–Crippen MR) is 167 cm³/mol. The van der Waals surface area contributed by atoms with Crippen molar-refractivity contribution in [3.05, 3.63) is 81.4 Å². The molecule has 2 aromatic carbocycles. The van der Waals surface area contributed by atoms with Crippen LogP contribution in [-0.2, 0) is 0 Å². The lowest BCUT2D eigenvalue weighted by molar-refractivity contribution is 0.0947. The van der Waals surface area contributed by atoms with Gasteiger partial charge >= 0.3 is 0 Å². The second-order valence-corrected chi connectivity index (χ2v) is 11.6. The molecule has 0 saturated carbocycles. The molecule has 1 heterocycles. The largest absolute Gasteiger partial charge is 0.351 e. The Labute approximate surface area is 248 Å². The van der Waals surface area contributed by atoms with E-state index in [0.717, 1.165) is 47.9 Å². The van der Waals surface area contributed by atoms with E-state index in [1.165, 1.54) is 32.1 Å². The van der Waals surface area contributed by atoms with Crippen LogP contribution in [0.3, 0.4) is 0 Å². The maximum Gasteiger partial charge on any atom is 0.272 e. The summed E-state index contributed by atoms with van der Waals surface area (Å²) in [4.78, 5) is 13.2. The zero-order valence-corrected chi connectivity index (χ0v) is 25.5. The number of unbranched alkanes of at least 4 members (excludes halogenated alkanes) is 4. The Morgan fingerprint density at radius 2 is 1.69 bits per heavy atom. The molecule has 0 aliphatic rings. The van der Waals surface area contributed by atoms with Crippen LogP contribution < -0.4 is 5.32 Å². The van der Waals surface area contributed by atoms with Gasteiger partial charge in [-0.25, -0.2) is 4.68 Å². The van der Waals surface area contributed by atoms with Crippen LogP contribution in [0.2, 0.25) is 15.1 Å². The van der Waals surface area contributed by atoms with Gasteiger partial charge in [-0.3, -0.25) is 4.79 Å². The molecule has 1 aromatic heterocycles. The average Bonchev–Trinajstić information content (AvgIpc) is 3.25. The van der Waals surface area contributed by atoms with Crippen LogP contribution in [0, 0.1) is 18.8 Å². The Morgan fingerprint density at radius 1 is 1.03 bits per heavy atom. The molecule has 4 nitrogen and oxygen atoms in total. The van der Waals surface area contributed by atoms with Gasteiger partial charge in [0.15, 0.2) is 5.69 Å². The number of benzene rings is 2. The fraction of sp³-hybridized carbons (Fsp3) is 0.438. The average molecular weight is 589 g/mol. The number of amides is 1. The minimum Gasteiger partial charge on any atom is -0.351 e. The van der Waals surface area contributed by atoms with E-state index in [9.17, 15) is 4.79 Å². The highest BCUT2D eigenvalue weighted by Crippen LogP contribution is 2.33. The lowest BCUT2D eigenvalue weighted by Crippen LogP contribution is -2.25. The molecule has 0 bridgehead atoms. The Morgan fingerprint density at radius 3 is 2.36 bits per heavy atom. The molecule has 0 radical (unpaired) electrons. The number of hydrogen-bond acceptors (Lipinski definition) is 2. The van der Waals surface area contributed by atoms with Crippen molar-refractivity contribution >= 4 is 40.7 Å². The molecule has 2 unspecified atom stereocenters. The maximum atomic E-state index is 13.2. The molecule has 0 aliphatic heterocycles. The molecular weight excluding hydrogens is 549 g/mol. The Hall–Kier alpha value is -2.27. The van der Waals surface area contributed by atoms with E-state index in [1.54, 1.807) is 22.9 Å². The van der Waals surface area contributed by atoms with Crippen LogP contribution in [-0.4, -0.2) is 22.2 Å². The lowest BCUT2D eigenvalue weighted by atomic mass is 9.85. The van der Waals surface area contributed by atoms with Gasteiger partial charge in [0, 0.05) is 27.7 Å². The zero-order valence-electron chi connectivity index (χ0n) is 23.3. The number of carbonyl (C=O) groups is 1. The monoisotopic (exact) mass is 587 g/mol. The smallest absolute Gasteiger partial charge is 0.272 e. The third kappa shape index (κ3) is 8.61. The highest BCUT2D eigenvalue weighted by atomic mass is 35.5. The summed E-state index contributed by atoms with van der Waals surface area (Å²) in [5.74, 6) is 1.31. The first-order valence-corrected chi connectivity index (χ1v) is 15.1. The van der Waals surface area contributed by atoms with Gasteiger partial charge in [0.25, 0.3) is 5.91 Å². The Kier molecular flexibility index (Phi) is 12.4. The number of nitrogens with one attached hydrogen (secondary N) is 1. The third-order valence-corrected chi connectivity index (χ3v) is 8.30. The summed E-state index contributed by atoms with van der Waals surface area (Å²) in [6, 6.07) is 12.7. The van der Waals surface area contributed by atoms with Crippen LogP contribution in [0.4, 0.5) is 0 Å². The minimum absolute atomic E-state index is 0.187. The molecule has 1 amide bonds. The number of aromatic nitrogens is 2. The summed E-state index contributed by atoms with van der Waals surface area (Å²) in [5.41, 5.74) is 3.48. The fourth-order valence-corrected chi connectivity index (χ4v) is 5.76. The maximum absolute atomic E-state index is 13.2. The van der Waals surface area contributed by atoms with Gasteiger partial charge in [-0.05, 0) is 61.9 Å². The standard InChI is InChI=1S/C32H40Cl3N3O/c1-5-12-24(6-2)22(3)13-10-8-7-9-11-20-36-32(39)30-23(4)31(25-14-16-26(33)17-15-25)38(37-30)29-19-18-27(34)21-28(29)35/h5,14-19,21-22,24H,1,6-13,20H2,2-4H3,(H,36,39). The molecule has 0 fully saturated rings. The fourth-order valence-electron chi connectivity index (χ4n) is 5.14. The van der Waals surface area contributed by atoms with Crippen molar-refractivity contribution in [2.24, 2.45) is 11.8 Å². The van der Waals surface area contributed by atoms with Crippen LogP contribution in [0.5, 0.6) is 0 Å². The summed E-state index contributed by atoms with van der Waals surface area (Å²) in [5, 5.41) is 9.38. The SMILES string of the molecule is C=CCC(CC)C(C)CCCCCCCNC(=O)c1nn(-c2ccc(Cl)cc2Cl)c(-c2ccc(Cl)cc2)c1C. The van der Waals surface area contributed by atoms with Gasteiger partial charge in [-0.2, -0.15) is 5.10 Å². The van der Waals surface area contributed by atoms with Gasteiger partial charge in [0.05, 0.1) is 16.4 Å². The normalized spacial score (nSPS) is 12.8. The molecular formula is C32H40Cl3N3O. The number of rotatable bonds is 15. The second-order valence-electron chi connectivity index (χ2n) is 10.3. The van der Waals surface area contributed by atoms with Crippen LogP contribution >= 0.6 is 34.8 Å². The number of hydrogen-bond donors (Lipinski definition) is 1. The Bertz CT molecular complexity index is 1240. The van der Waals surface area contributed by atoms with Crippen molar-refractivity contribution in [2.75, 3.05) is 6.54 Å². The molecule has 7 heteroatoms. The number of allylic oxidation sites excluding steroid dienone is 1. The zero-order chi connectivity index (χ0) is 28.4. The van der Waals surface area contributed by atoms with E-state index in [2.05, 4.69) is 31.8 Å². The molecule has 2 atom stereocenters. The van der Waals surface area contributed by atoms with Gasteiger partial charge in [-0.1, -0.05) is 105 Å². The highest BCUT2D eigenvalue weighted by molar-refractivity contribution is 6.35. The molecule has 210 valence electrons. The Balaban J connectivity index is 1.59. The summed E-state index contributed by atoms with van der Waals surface area (Å²) >= 11 is 18.8. The number of nitrogens with zero attached hydrogens (tertiary/aromatic N) is 2. The molecule has 3 aromatic rings. The van der Waals surface area contributed by atoms with Gasteiger partial charge in [0.1, 0.15) is 0 Å². The molecule has 1 N–H and O–H groups in total.